The molecule has 3 aromatic rings. The van der Waals surface area contributed by atoms with Gasteiger partial charge >= 0.3 is 0 Å². The average Bonchev–Trinajstić information content (AvgIpc) is 3.06. The van der Waals surface area contributed by atoms with Gasteiger partial charge < -0.3 is 4.74 Å². The van der Waals surface area contributed by atoms with Crippen LogP contribution in [0.15, 0.2) is 69.9 Å². The van der Waals surface area contributed by atoms with Crippen molar-refractivity contribution in [1.29, 1.82) is 0 Å². The molecule has 2 aromatic carbocycles. The Labute approximate surface area is 192 Å². The largest absolute Gasteiger partial charge is 0.494 e. The van der Waals surface area contributed by atoms with Crippen molar-refractivity contribution in [3.8, 4) is 11.4 Å². The van der Waals surface area contributed by atoms with Crippen molar-refractivity contribution < 1.29 is 4.74 Å². The van der Waals surface area contributed by atoms with E-state index >= 15 is 0 Å². The zero-order valence-corrected chi connectivity index (χ0v) is 19.6. The van der Waals surface area contributed by atoms with Gasteiger partial charge in [-0.1, -0.05) is 36.4 Å². The smallest absolute Gasteiger partial charge is 0.286 e. The van der Waals surface area contributed by atoms with Crippen LogP contribution in [-0.2, 0) is 13.1 Å². The van der Waals surface area contributed by atoms with Crippen LogP contribution in [0.3, 0.4) is 0 Å². The second kappa shape index (κ2) is 10.3. The van der Waals surface area contributed by atoms with Crippen molar-refractivity contribution in [1.82, 2.24) is 14.3 Å². The van der Waals surface area contributed by atoms with Crippen molar-refractivity contribution in [3.05, 3.63) is 81.2 Å². The van der Waals surface area contributed by atoms with Crippen LogP contribution in [0, 0.1) is 5.92 Å². The molecule has 1 saturated heterocycles. The molecule has 1 aromatic heterocycles. The maximum absolute atomic E-state index is 13.0. The summed E-state index contributed by atoms with van der Waals surface area (Å²) in [5.74, 6) is 1.65. The van der Waals surface area contributed by atoms with Crippen molar-refractivity contribution >= 4 is 15.9 Å². The number of benzene rings is 2. The number of hydrogen-bond donors (Lipinski definition) is 0. The quantitative estimate of drug-likeness (QED) is 0.447. The Hall–Kier alpha value is -2.31. The van der Waals surface area contributed by atoms with Crippen LogP contribution in [0.5, 0.6) is 5.75 Å². The lowest BCUT2D eigenvalue weighted by Crippen LogP contribution is -2.34. The summed E-state index contributed by atoms with van der Waals surface area (Å²) in [6, 6.07) is 19.9. The molecule has 6 heteroatoms. The average molecular weight is 484 g/mol. The van der Waals surface area contributed by atoms with E-state index in [9.17, 15) is 4.79 Å². The van der Waals surface area contributed by atoms with E-state index in [1.807, 2.05) is 60.7 Å². The molecule has 1 aliphatic heterocycles. The molecule has 0 bridgehead atoms. The maximum atomic E-state index is 13.0. The molecule has 0 radical (unpaired) electrons. The van der Waals surface area contributed by atoms with E-state index in [0.717, 1.165) is 56.3 Å². The van der Waals surface area contributed by atoms with Crippen LogP contribution in [0.4, 0.5) is 0 Å². The SMILES string of the molecule is CCn1c(CN2CCC(CCOc3ccccc3)CC2)c(Br)c(=O)n1-c1ccccc1. The minimum atomic E-state index is 0.0102. The molecule has 0 N–H and O–H groups in total. The summed E-state index contributed by atoms with van der Waals surface area (Å²) in [6.07, 6.45) is 3.44. The number of hydrogen-bond acceptors (Lipinski definition) is 3. The van der Waals surface area contributed by atoms with Gasteiger partial charge in [-0.2, -0.15) is 0 Å². The monoisotopic (exact) mass is 483 g/mol. The fourth-order valence-electron chi connectivity index (χ4n) is 4.37. The van der Waals surface area contributed by atoms with Crippen LogP contribution in [0.2, 0.25) is 0 Å². The van der Waals surface area contributed by atoms with Gasteiger partial charge in [-0.25, -0.2) is 4.68 Å². The van der Waals surface area contributed by atoms with Crippen molar-refractivity contribution in [2.75, 3.05) is 19.7 Å². The number of rotatable bonds is 8. The second-order valence-electron chi connectivity index (χ2n) is 8.10. The lowest BCUT2D eigenvalue weighted by Gasteiger charge is -2.32. The molecule has 0 aliphatic carbocycles. The van der Waals surface area contributed by atoms with Gasteiger partial charge in [-0.15, -0.1) is 0 Å². The van der Waals surface area contributed by atoms with Crippen LogP contribution in [0.25, 0.3) is 5.69 Å². The standard InChI is InChI=1S/C25H30BrN3O2/c1-2-28-23(24(26)25(30)29(28)21-9-5-3-6-10-21)19-27-16-13-20(14-17-27)15-18-31-22-11-7-4-8-12-22/h3-12,20H,2,13-19H2,1H3. The zero-order valence-electron chi connectivity index (χ0n) is 18.0. The molecule has 5 nitrogen and oxygen atoms in total. The Balaban J connectivity index is 1.36. The van der Waals surface area contributed by atoms with Gasteiger partial charge in [0, 0.05) is 13.1 Å². The number of ether oxygens (including phenoxy) is 1. The summed E-state index contributed by atoms with van der Waals surface area (Å²) in [7, 11) is 0. The highest BCUT2D eigenvalue weighted by Crippen LogP contribution is 2.25. The Morgan fingerprint density at radius 1 is 1.00 bits per heavy atom. The van der Waals surface area contributed by atoms with Crippen molar-refractivity contribution in [3.63, 3.8) is 0 Å². The first-order valence-corrected chi connectivity index (χ1v) is 11.9. The number of likely N-dealkylation sites (tertiary alicyclic amines) is 1. The van der Waals surface area contributed by atoms with Crippen LogP contribution in [-0.4, -0.2) is 34.0 Å². The maximum Gasteiger partial charge on any atom is 0.286 e. The highest BCUT2D eigenvalue weighted by Gasteiger charge is 2.24. The topological polar surface area (TPSA) is 39.4 Å². The van der Waals surface area contributed by atoms with Gasteiger partial charge in [0.2, 0.25) is 0 Å². The minimum absolute atomic E-state index is 0.0102. The molecular weight excluding hydrogens is 454 g/mol. The summed E-state index contributed by atoms with van der Waals surface area (Å²) in [5, 5.41) is 0. The summed E-state index contributed by atoms with van der Waals surface area (Å²) in [4.78, 5) is 15.4. The molecule has 1 fully saturated rings. The Bertz CT molecular complexity index is 1020. The third kappa shape index (κ3) is 5.13. The predicted molar refractivity (Wildman–Crippen MR) is 128 cm³/mol. The lowest BCUT2D eigenvalue weighted by atomic mass is 9.94. The van der Waals surface area contributed by atoms with Gasteiger partial charge in [0.25, 0.3) is 5.56 Å². The summed E-state index contributed by atoms with van der Waals surface area (Å²) >= 11 is 3.59. The van der Waals surface area contributed by atoms with Crippen molar-refractivity contribution in [2.24, 2.45) is 5.92 Å². The van der Waals surface area contributed by atoms with Gasteiger partial charge in [0.1, 0.15) is 10.2 Å². The molecule has 0 spiro atoms. The summed E-state index contributed by atoms with van der Waals surface area (Å²) in [6.45, 7) is 6.51. The Kier molecular flexibility index (Phi) is 7.30. The highest BCUT2D eigenvalue weighted by atomic mass is 79.9. The van der Waals surface area contributed by atoms with Gasteiger partial charge in [0.15, 0.2) is 0 Å². The number of aromatic nitrogens is 2. The fourth-order valence-corrected chi connectivity index (χ4v) is 4.87. The fraction of sp³-hybridized carbons (Fsp3) is 0.400. The van der Waals surface area contributed by atoms with Crippen LogP contribution < -0.4 is 10.3 Å². The molecule has 164 valence electrons. The summed E-state index contributed by atoms with van der Waals surface area (Å²) in [5.41, 5.74) is 1.97. The van der Waals surface area contributed by atoms with E-state index in [1.165, 1.54) is 12.8 Å². The summed E-state index contributed by atoms with van der Waals surface area (Å²) < 4.78 is 10.4. The number of piperidine rings is 1. The van der Waals surface area contributed by atoms with E-state index in [1.54, 1.807) is 4.68 Å². The molecule has 0 unspecified atom stereocenters. The first-order chi connectivity index (χ1) is 15.2. The molecule has 0 atom stereocenters. The second-order valence-corrected chi connectivity index (χ2v) is 8.89. The Morgan fingerprint density at radius 2 is 1.65 bits per heavy atom. The third-order valence-corrected chi connectivity index (χ3v) is 6.90. The van der Waals surface area contributed by atoms with E-state index in [-0.39, 0.29) is 5.56 Å². The van der Waals surface area contributed by atoms with E-state index in [0.29, 0.717) is 10.4 Å². The first kappa shape index (κ1) is 21.9. The van der Waals surface area contributed by atoms with E-state index in [2.05, 4.69) is 32.4 Å². The lowest BCUT2D eigenvalue weighted by molar-refractivity contribution is 0.154. The molecule has 1 aliphatic rings. The number of nitrogens with zero attached hydrogens (tertiary/aromatic N) is 3. The number of halogens is 1. The molecule has 31 heavy (non-hydrogen) atoms. The zero-order chi connectivity index (χ0) is 21.6. The first-order valence-electron chi connectivity index (χ1n) is 11.1. The number of para-hydroxylation sites is 2. The third-order valence-electron chi connectivity index (χ3n) is 6.11. The van der Waals surface area contributed by atoms with Crippen LogP contribution in [0.1, 0.15) is 31.9 Å². The highest BCUT2D eigenvalue weighted by molar-refractivity contribution is 9.10. The van der Waals surface area contributed by atoms with E-state index < -0.39 is 0 Å². The molecule has 0 saturated carbocycles. The normalized spacial score (nSPS) is 15.3. The van der Waals surface area contributed by atoms with Gasteiger partial charge in [-0.05, 0) is 85.4 Å². The van der Waals surface area contributed by atoms with Crippen molar-refractivity contribution in [2.45, 2.75) is 39.3 Å². The Morgan fingerprint density at radius 3 is 2.29 bits per heavy atom. The minimum Gasteiger partial charge on any atom is -0.494 e. The van der Waals surface area contributed by atoms with Crippen LogP contribution >= 0.6 is 15.9 Å². The molecule has 2 heterocycles. The molecule has 4 rings (SSSR count). The predicted octanol–water partition coefficient (Wildman–Crippen LogP) is 5.10. The molecule has 0 amide bonds. The van der Waals surface area contributed by atoms with Gasteiger partial charge in [0.05, 0.1) is 18.0 Å². The molecular formula is C25H30BrN3O2. The van der Waals surface area contributed by atoms with E-state index in [4.69, 9.17) is 4.74 Å². The van der Waals surface area contributed by atoms with Gasteiger partial charge in [-0.3, -0.25) is 14.4 Å².